The first-order valence-electron chi connectivity index (χ1n) is 4.02. The summed E-state index contributed by atoms with van der Waals surface area (Å²) in [5, 5.41) is 10.7. The summed E-state index contributed by atoms with van der Waals surface area (Å²) >= 11 is 0. The lowest BCUT2D eigenvalue weighted by Gasteiger charge is -1.98. The molecule has 0 aliphatic rings. The predicted molar refractivity (Wildman–Crippen MR) is 50.4 cm³/mol. The molecule has 0 spiro atoms. The minimum atomic E-state index is -1.10. The Hall–Kier alpha value is -2.04. The van der Waals surface area contributed by atoms with Crippen molar-refractivity contribution in [1.82, 2.24) is 4.98 Å². The van der Waals surface area contributed by atoms with Crippen LogP contribution in [0.15, 0.2) is 22.6 Å². The predicted octanol–water partition coefficient (Wildman–Crippen LogP) is 2.23. The van der Waals surface area contributed by atoms with E-state index < -0.39 is 6.09 Å². The Kier molecular flexibility index (Phi) is 1.85. The minimum Gasteiger partial charge on any atom is -0.465 e. The van der Waals surface area contributed by atoms with Gasteiger partial charge in [-0.15, -0.1) is 0 Å². The Morgan fingerprint density at radius 2 is 2.36 bits per heavy atom. The van der Waals surface area contributed by atoms with Gasteiger partial charge in [0.05, 0.1) is 0 Å². The third-order valence-corrected chi connectivity index (χ3v) is 1.75. The summed E-state index contributed by atoms with van der Waals surface area (Å²) in [7, 11) is 0. The van der Waals surface area contributed by atoms with Crippen LogP contribution in [0.2, 0.25) is 0 Å². The summed E-state index contributed by atoms with van der Waals surface area (Å²) in [5.74, 6) is 0.562. The second-order valence-electron chi connectivity index (χ2n) is 2.85. The molecule has 2 rings (SSSR count). The maximum Gasteiger partial charge on any atom is 0.409 e. The van der Waals surface area contributed by atoms with Crippen molar-refractivity contribution in [3.63, 3.8) is 0 Å². The Labute approximate surface area is 79.4 Å². The average molecular weight is 192 g/mol. The summed E-state index contributed by atoms with van der Waals surface area (Å²) in [6.07, 6.45) is -1.10. The van der Waals surface area contributed by atoms with Crippen molar-refractivity contribution in [3.8, 4) is 0 Å². The molecule has 0 fully saturated rings. The maximum atomic E-state index is 10.4. The number of benzene rings is 1. The standard InChI is InChI=1S/C9H8N2O3/c1-5-10-7-3-2-6(11-9(12)13)4-8(7)14-5/h2-4,11H,1H3,(H,12,13). The van der Waals surface area contributed by atoms with Crippen molar-refractivity contribution in [2.45, 2.75) is 6.92 Å². The Bertz CT molecular complexity index is 490. The zero-order valence-corrected chi connectivity index (χ0v) is 7.44. The summed E-state index contributed by atoms with van der Waals surface area (Å²) < 4.78 is 5.25. The highest BCUT2D eigenvalue weighted by atomic mass is 16.4. The highest BCUT2D eigenvalue weighted by Gasteiger charge is 2.04. The molecule has 1 aromatic heterocycles. The smallest absolute Gasteiger partial charge is 0.409 e. The first kappa shape index (κ1) is 8.55. The monoisotopic (exact) mass is 192 g/mol. The number of carboxylic acid groups (broad SMARTS) is 1. The maximum absolute atomic E-state index is 10.4. The highest BCUT2D eigenvalue weighted by molar-refractivity contribution is 5.86. The number of rotatable bonds is 1. The molecule has 0 saturated heterocycles. The zero-order chi connectivity index (χ0) is 10.1. The summed E-state index contributed by atoms with van der Waals surface area (Å²) in [6.45, 7) is 1.74. The summed E-state index contributed by atoms with van der Waals surface area (Å²) in [5.41, 5.74) is 1.77. The number of aromatic nitrogens is 1. The van der Waals surface area contributed by atoms with Crippen molar-refractivity contribution in [1.29, 1.82) is 0 Å². The quantitative estimate of drug-likeness (QED) is 0.726. The third kappa shape index (κ3) is 1.52. The molecule has 0 bridgehead atoms. The van der Waals surface area contributed by atoms with Crippen LogP contribution in [0.1, 0.15) is 5.89 Å². The molecule has 1 heterocycles. The lowest BCUT2D eigenvalue weighted by atomic mass is 10.3. The van der Waals surface area contributed by atoms with E-state index in [0.29, 0.717) is 17.2 Å². The molecule has 14 heavy (non-hydrogen) atoms. The van der Waals surface area contributed by atoms with E-state index in [1.165, 1.54) is 0 Å². The van der Waals surface area contributed by atoms with Gasteiger partial charge in [0.1, 0.15) is 5.52 Å². The van der Waals surface area contributed by atoms with Crippen molar-refractivity contribution in [2.75, 3.05) is 5.32 Å². The zero-order valence-electron chi connectivity index (χ0n) is 7.44. The van der Waals surface area contributed by atoms with Crippen LogP contribution in [0.25, 0.3) is 11.1 Å². The van der Waals surface area contributed by atoms with Gasteiger partial charge in [0.25, 0.3) is 0 Å². The number of carbonyl (C=O) groups is 1. The molecule has 0 saturated carbocycles. The van der Waals surface area contributed by atoms with E-state index in [2.05, 4.69) is 10.3 Å². The number of nitrogens with zero attached hydrogens (tertiary/aromatic N) is 1. The summed E-state index contributed by atoms with van der Waals surface area (Å²) in [6, 6.07) is 4.94. The van der Waals surface area contributed by atoms with Crippen molar-refractivity contribution in [3.05, 3.63) is 24.1 Å². The van der Waals surface area contributed by atoms with Crippen molar-refractivity contribution < 1.29 is 14.3 Å². The molecule has 5 heteroatoms. The molecule has 5 nitrogen and oxygen atoms in total. The Balaban J connectivity index is 2.45. The molecule has 0 aliphatic carbocycles. The van der Waals surface area contributed by atoms with Crippen molar-refractivity contribution >= 4 is 22.9 Å². The van der Waals surface area contributed by atoms with Crippen molar-refractivity contribution in [2.24, 2.45) is 0 Å². The largest absolute Gasteiger partial charge is 0.465 e. The second kappa shape index (κ2) is 3.02. The van der Waals surface area contributed by atoms with Gasteiger partial charge in [0.2, 0.25) is 0 Å². The third-order valence-electron chi connectivity index (χ3n) is 1.75. The molecular weight excluding hydrogens is 184 g/mol. The number of hydrogen-bond donors (Lipinski definition) is 2. The fourth-order valence-corrected chi connectivity index (χ4v) is 1.24. The van der Waals surface area contributed by atoms with Crippen LogP contribution in [-0.2, 0) is 0 Å². The topological polar surface area (TPSA) is 75.4 Å². The van der Waals surface area contributed by atoms with E-state index in [1.54, 1.807) is 25.1 Å². The molecule has 1 amide bonds. The van der Waals surface area contributed by atoms with Gasteiger partial charge in [0, 0.05) is 18.7 Å². The molecule has 72 valence electrons. The van der Waals surface area contributed by atoms with E-state index in [4.69, 9.17) is 9.52 Å². The molecule has 0 unspecified atom stereocenters. The van der Waals surface area contributed by atoms with Gasteiger partial charge in [-0.3, -0.25) is 5.32 Å². The van der Waals surface area contributed by atoms with E-state index in [1.807, 2.05) is 0 Å². The van der Waals surface area contributed by atoms with Gasteiger partial charge in [-0.05, 0) is 12.1 Å². The Morgan fingerprint density at radius 1 is 1.57 bits per heavy atom. The van der Waals surface area contributed by atoms with Gasteiger partial charge in [-0.2, -0.15) is 0 Å². The fourth-order valence-electron chi connectivity index (χ4n) is 1.24. The van der Waals surface area contributed by atoms with E-state index in [0.717, 1.165) is 5.52 Å². The lowest BCUT2D eigenvalue weighted by Crippen LogP contribution is -2.06. The molecule has 0 atom stereocenters. The van der Waals surface area contributed by atoms with E-state index >= 15 is 0 Å². The van der Waals surface area contributed by atoms with Gasteiger partial charge in [-0.1, -0.05) is 0 Å². The van der Waals surface area contributed by atoms with Gasteiger partial charge in [0.15, 0.2) is 11.5 Å². The van der Waals surface area contributed by atoms with Crippen LogP contribution < -0.4 is 5.32 Å². The molecule has 1 aromatic carbocycles. The number of anilines is 1. The number of amides is 1. The van der Waals surface area contributed by atoms with Crippen LogP contribution >= 0.6 is 0 Å². The molecule has 2 N–H and O–H groups in total. The number of nitrogens with one attached hydrogen (secondary N) is 1. The number of oxazole rings is 1. The molecule has 0 radical (unpaired) electrons. The van der Waals surface area contributed by atoms with Gasteiger partial charge >= 0.3 is 6.09 Å². The second-order valence-corrected chi connectivity index (χ2v) is 2.85. The Morgan fingerprint density at radius 3 is 3.07 bits per heavy atom. The highest BCUT2D eigenvalue weighted by Crippen LogP contribution is 2.19. The van der Waals surface area contributed by atoms with Crippen LogP contribution in [0.5, 0.6) is 0 Å². The lowest BCUT2D eigenvalue weighted by molar-refractivity contribution is 0.210. The van der Waals surface area contributed by atoms with E-state index in [9.17, 15) is 4.79 Å². The SMILES string of the molecule is Cc1nc2ccc(NC(=O)O)cc2o1. The summed E-state index contributed by atoms with van der Waals surface area (Å²) in [4.78, 5) is 14.4. The van der Waals surface area contributed by atoms with Crippen LogP contribution in [0.3, 0.4) is 0 Å². The fraction of sp³-hybridized carbons (Fsp3) is 0.111. The molecule has 0 aliphatic heterocycles. The average Bonchev–Trinajstić information content (AvgIpc) is 2.42. The van der Waals surface area contributed by atoms with E-state index in [-0.39, 0.29) is 0 Å². The first-order chi connectivity index (χ1) is 6.65. The number of aryl methyl sites for hydroxylation is 1. The first-order valence-corrected chi connectivity index (χ1v) is 4.02. The molecule has 2 aromatic rings. The molecular formula is C9H8N2O3. The van der Waals surface area contributed by atoms with Gasteiger partial charge in [-0.25, -0.2) is 9.78 Å². The van der Waals surface area contributed by atoms with Gasteiger partial charge < -0.3 is 9.52 Å². The normalized spacial score (nSPS) is 10.4. The number of fused-ring (bicyclic) bond motifs is 1. The minimum absolute atomic E-state index is 0.473. The van der Waals surface area contributed by atoms with Crippen LogP contribution in [0, 0.1) is 6.92 Å². The van der Waals surface area contributed by atoms with Crippen LogP contribution in [0.4, 0.5) is 10.5 Å². The van der Waals surface area contributed by atoms with Crippen LogP contribution in [-0.4, -0.2) is 16.2 Å². The number of hydrogen-bond acceptors (Lipinski definition) is 3.